The van der Waals surface area contributed by atoms with Crippen molar-refractivity contribution >= 4 is 5.78 Å². The summed E-state index contributed by atoms with van der Waals surface area (Å²) >= 11 is 0. The minimum Gasteiger partial charge on any atom is -0.393 e. The van der Waals surface area contributed by atoms with E-state index >= 15 is 0 Å². The third-order valence-electron chi connectivity index (χ3n) is 1.77. The molecule has 0 bridgehead atoms. The van der Waals surface area contributed by atoms with Gasteiger partial charge in [-0.05, 0) is 20.8 Å². The Morgan fingerprint density at radius 1 is 1.50 bits per heavy atom. The fourth-order valence-electron chi connectivity index (χ4n) is 1.30. The number of ketones is 1. The van der Waals surface area contributed by atoms with Gasteiger partial charge in [-0.25, -0.2) is 0 Å². The van der Waals surface area contributed by atoms with Crippen molar-refractivity contribution in [3.8, 4) is 0 Å². The Morgan fingerprint density at radius 2 is 2.08 bits per heavy atom. The lowest BCUT2D eigenvalue weighted by Gasteiger charge is -2.37. The molecule has 1 aliphatic heterocycles. The maximum Gasteiger partial charge on any atom is 0.192 e. The van der Waals surface area contributed by atoms with E-state index in [1.54, 1.807) is 20.8 Å². The SMILES string of the molecule is C[C@@H]1OC(C)(C)O[C@@H](CO)C1=O. The van der Waals surface area contributed by atoms with Gasteiger partial charge in [0, 0.05) is 0 Å². The first-order valence-electron chi connectivity index (χ1n) is 3.96. The molecule has 1 fully saturated rings. The highest BCUT2D eigenvalue weighted by molar-refractivity contribution is 5.87. The molecule has 70 valence electrons. The maximum absolute atomic E-state index is 11.2. The van der Waals surface area contributed by atoms with Crippen LogP contribution in [0.4, 0.5) is 0 Å². The number of hydrogen-bond acceptors (Lipinski definition) is 4. The molecule has 1 rings (SSSR count). The van der Waals surface area contributed by atoms with Crippen molar-refractivity contribution in [1.82, 2.24) is 0 Å². The van der Waals surface area contributed by atoms with Crippen molar-refractivity contribution in [3.63, 3.8) is 0 Å². The average Bonchev–Trinajstić information content (AvgIpc) is 1.96. The van der Waals surface area contributed by atoms with Gasteiger partial charge in [-0.2, -0.15) is 0 Å². The van der Waals surface area contributed by atoms with Gasteiger partial charge in [0.2, 0.25) is 0 Å². The molecular weight excluding hydrogens is 160 g/mol. The lowest BCUT2D eigenvalue weighted by Crippen LogP contribution is -2.51. The summed E-state index contributed by atoms with van der Waals surface area (Å²) in [7, 11) is 0. The van der Waals surface area contributed by atoms with Crippen molar-refractivity contribution in [1.29, 1.82) is 0 Å². The normalized spacial score (nSPS) is 35.2. The van der Waals surface area contributed by atoms with Crippen molar-refractivity contribution in [3.05, 3.63) is 0 Å². The van der Waals surface area contributed by atoms with Crippen molar-refractivity contribution in [2.75, 3.05) is 6.61 Å². The van der Waals surface area contributed by atoms with E-state index in [4.69, 9.17) is 14.6 Å². The number of carbonyl (C=O) groups is 1. The topological polar surface area (TPSA) is 55.8 Å². The predicted octanol–water partition coefficient (Wildman–Crippen LogP) is 0.0878. The van der Waals surface area contributed by atoms with Crippen LogP contribution in [0.25, 0.3) is 0 Å². The Morgan fingerprint density at radius 3 is 2.58 bits per heavy atom. The van der Waals surface area contributed by atoms with Gasteiger partial charge in [0.25, 0.3) is 0 Å². The molecule has 0 radical (unpaired) electrons. The average molecular weight is 174 g/mol. The Labute approximate surface area is 71.5 Å². The summed E-state index contributed by atoms with van der Waals surface area (Å²) in [5.41, 5.74) is 0. The summed E-state index contributed by atoms with van der Waals surface area (Å²) in [5, 5.41) is 8.81. The monoisotopic (exact) mass is 174 g/mol. The number of carbonyl (C=O) groups excluding carboxylic acids is 1. The molecular formula is C8H14O4. The van der Waals surface area contributed by atoms with Crippen LogP contribution in [-0.4, -0.2) is 35.5 Å². The Balaban J connectivity index is 2.71. The van der Waals surface area contributed by atoms with E-state index in [1.807, 2.05) is 0 Å². The molecule has 4 nitrogen and oxygen atoms in total. The summed E-state index contributed by atoms with van der Waals surface area (Å²) in [6, 6.07) is 0. The first-order valence-corrected chi connectivity index (χ1v) is 3.96. The van der Waals surface area contributed by atoms with Gasteiger partial charge >= 0.3 is 0 Å². The maximum atomic E-state index is 11.2. The standard InChI is InChI=1S/C8H14O4/c1-5-7(10)6(4-9)12-8(2,3)11-5/h5-6,9H,4H2,1-3H3/t5-,6-/m0/s1. The molecule has 1 saturated heterocycles. The third kappa shape index (κ3) is 1.83. The number of aliphatic hydroxyl groups excluding tert-OH is 1. The molecule has 0 aromatic rings. The minimum atomic E-state index is -0.777. The van der Waals surface area contributed by atoms with Gasteiger partial charge in [-0.15, -0.1) is 0 Å². The van der Waals surface area contributed by atoms with Gasteiger partial charge in [0.05, 0.1) is 6.61 Å². The molecule has 4 heteroatoms. The van der Waals surface area contributed by atoms with E-state index < -0.39 is 18.0 Å². The second kappa shape index (κ2) is 3.12. The Bertz CT molecular complexity index is 187. The van der Waals surface area contributed by atoms with E-state index in [2.05, 4.69) is 0 Å². The van der Waals surface area contributed by atoms with Gasteiger partial charge < -0.3 is 14.6 Å². The van der Waals surface area contributed by atoms with Crippen LogP contribution in [-0.2, 0) is 14.3 Å². The second-order valence-corrected chi connectivity index (χ2v) is 3.35. The van der Waals surface area contributed by atoms with Crippen LogP contribution in [0.3, 0.4) is 0 Å². The smallest absolute Gasteiger partial charge is 0.192 e. The summed E-state index contributed by atoms with van der Waals surface area (Å²) < 4.78 is 10.4. The highest BCUT2D eigenvalue weighted by Crippen LogP contribution is 2.23. The van der Waals surface area contributed by atoms with E-state index in [-0.39, 0.29) is 12.4 Å². The Kier molecular flexibility index (Phi) is 2.51. The first-order chi connectivity index (χ1) is 5.46. The van der Waals surface area contributed by atoms with Gasteiger partial charge in [-0.1, -0.05) is 0 Å². The third-order valence-corrected chi connectivity index (χ3v) is 1.77. The number of Topliss-reactive ketones (excluding diaryl/α,β-unsaturated/α-hetero) is 1. The van der Waals surface area contributed by atoms with Crippen molar-refractivity contribution in [2.45, 2.75) is 38.8 Å². The van der Waals surface area contributed by atoms with Gasteiger partial charge in [0.15, 0.2) is 11.6 Å². The van der Waals surface area contributed by atoms with Crippen LogP contribution in [0.1, 0.15) is 20.8 Å². The summed E-state index contributed by atoms with van der Waals surface area (Å²) in [6.45, 7) is 4.82. The van der Waals surface area contributed by atoms with Gasteiger partial charge in [0.1, 0.15) is 12.2 Å². The fraction of sp³-hybridized carbons (Fsp3) is 0.875. The van der Waals surface area contributed by atoms with Crippen LogP contribution >= 0.6 is 0 Å². The Hall–Kier alpha value is -0.450. The number of hydrogen-bond donors (Lipinski definition) is 1. The summed E-state index contributed by atoms with van der Waals surface area (Å²) in [6.07, 6.45) is -1.23. The predicted molar refractivity (Wildman–Crippen MR) is 41.6 cm³/mol. The molecule has 0 unspecified atom stereocenters. The number of ether oxygens (including phenoxy) is 2. The quantitative estimate of drug-likeness (QED) is 0.612. The van der Waals surface area contributed by atoms with Crippen molar-refractivity contribution in [2.24, 2.45) is 0 Å². The lowest BCUT2D eigenvalue weighted by molar-refractivity contribution is -0.280. The number of rotatable bonds is 1. The first kappa shape index (κ1) is 9.64. The van der Waals surface area contributed by atoms with E-state index in [0.29, 0.717) is 0 Å². The molecule has 1 heterocycles. The highest BCUT2D eigenvalue weighted by atomic mass is 16.7. The number of aliphatic hydroxyl groups is 1. The minimum absolute atomic E-state index is 0.197. The zero-order valence-electron chi connectivity index (χ0n) is 7.53. The van der Waals surface area contributed by atoms with Crippen molar-refractivity contribution < 1.29 is 19.4 Å². The second-order valence-electron chi connectivity index (χ2n) is 3.35. The van der Waals surface area contributed by atoms with E-state index in [9.17, 15) is 4.79 Å². The highest BCUT2D eigenvalue weighted by Gasteiger charge is 2.39. The fourth-order valence-corrected chi connectivity index (χ4v) is 1.30. The van der Waals surface area contributed by atoms with E-state index in [1.165, 1.54) is 0 Å². The molecule has 0 saturated carbocycles. The van der Waals surface area contributed by atoms with Crippen LogP contribution in [0.5, 0.6) is 0 Å². The molecule has 0 aromatic carbocycles. The van der Waals surface area contributed by atoms with Crippen LogP contribution in [0.2, 0.25) is 0 Å². The lowest BCUT2D eigenvalue weighted by atomic mass is 10.1. The summed E-state index contributed by atoms with van der Waals surface area (Å²) in [5.74, 6) is -0.974. The molecule has 2 atom stereocenters. The molecule has 0 spiro atoms. The largest absolute Gasteiger partial charge is 0.393 e. The molecule has 1 N–H and O–H groups in total. The molecule has 0 aromatic heterocycles. The van der Waals surface area contributed by atoms with Crippen LogP contribution in [0.15, 0.2) is 0 Å². The zero-order valence-corrected chi connectivity index (χ0v) is 7.53. The molecule has 0 aliphatic carbocycles. The molecule has 12 heavy (non-hydrogen) atoms. The van der Waals surface area contributed by atoms with Crippen LogP contribution < -0.4 is 0 Å². The van der Waals surface area contributed by atoms with E-state index in [0.717, 1.165) is 0 Å². The molecule has 0 amide bonds. The summed E-state index contributed by atoms with van der Waals surface area (Å²) in [4.78, 5) is 11.2. The van der Waals surface area contributed by atoms with Gasteiger partial charge in [-0.3, -0.25) is 4.79 Å². The van der Waals surface area contributed by atoms with Crippen LogP contribution in [0, 0.1) is 0 Å². The molecule has 1 aliphatic rings. The zero-order chi connectivity index (χ0) is 9.35.